The van der Waals surface area contributed by atoms with Crippen LogP contribution >= 0.6 is 15.9 Å². The topological polar surface area (TPSA) is 29.5 Å². The van der Waals surface area contributed by atoms with E-state index in [4.69, 9.17) is 4.74 Å². The van der Waals surface area contributed by atoms with Crippen LogP contribution in [0.4, 0.5) is 13.2 Å². The van der Waals surface area contributed by atoms with Gasteiger partial charge >= 0.3 is 6.18 Å². The zero-order valence-electron chi connectivity index (χ0n) is 9.80. The van der Waals surface area contributed by atoms with E-state index < -0.39 is 18.7 Å². The first kappa shape index (κ1) is 15.3. The van der Waals surface area contributed by atoms with Crippen molar-refractivity contribution in [1.29, 1.82) is 0 Å². The average molecular weight is 327 g/mol. The number of aliphatic hydroxyl groups is 1. The van der Waals surface area contributed by atoms with Crippen LogP contribution in [0.1, 0.15) is 18.4 Å². The summed E-state index contributed by atoms with van der Waals surface area (Å²) in [6.07, 6.45) is -6.42. The molecule has 2 nitrogen and oxygen atoms in total. The minimum Gasteiger partial charge on any atom is -0.496 e. The fraction of sp³-hybridized carbons (Fsp3) is 0.500. The third kappa shape index (κ3) is 5.27. The van der Waals surface area contributed by atoms with Crippen molar-refractivity contribution in [3.05, 3.63) is 28.2 Å². The summed E-state index contributed by atoms with van der Waals surface area (Å²) in [5.74, 6) is 0.559. The monoisotopic (exact) mass is 326 g/mol. The first-order chi connectivity index (χ1) is 8.31. The summed E-state index contributed by atoms with van der Waals surface area (Å²) in [6.45, 7) is 0. The maximum Gasteiger partial charge on any atom is 0.389 e. The Morgan fingerprint density at radius 3 is 2.61 bits per heavy atom. The summed E-state index contributed by atoms with van der Waals surface area (Å²) in [5, 5.41) is 9.61. The summed E-state index contributed by atoms with van der Waals surface area (Å²) in [4.78, 5) is 0. The summed E-state index contributed by atoms with van der Waals surface area (Å²) in [6, 6.07) is 5.20. The van der Waals surface area contributed by atoms with Crippen LogP contribution in [0.2, 0.25) is 0 Å². The molecule has 0 aliphatic carbocycles. The van der Waals surface area contributed by atoms with E-state index in [1.807, 2.05) is 0 Å². The van der Waals surface area contributed by atoms with Gasteiger partial charge in [0.15, 0.2) is 0 Å². The fourth-order valence-corrected chi connectivity index (χ4v) is 2.00. The third-order valence-corrected chi connectivity index (χ3v) is 2.95. The molecule has 0 aromatic heterocycles. The van der Waals surface area contributed by atoms with Gasteiger partial charge in [-0.05, 0) is 30.2 Å². The van der Waals surface area contributed by atoms with E-state index in [9.17, 15) is 18.3 Å². The van der Waals surface area contributed by atoms with Crippen molar-refractivity contribution in [3.8, 4) is 5.75 Å². The average Bonchev–Trinajstić information content (AvgIpc) is 2.26. The highest BCUT2D eigenvalue weighted by Gasteiger charge is 2.28. The second kappa shape index (κ2) is 6.43. The molecule has 6 heteroatoms. The van der Waals surface area contributed by atoms with Gasteiger partial charge in [0.1, 0.15) is 5.75 Å². The van der Waals surface area contributed by atoms with Crippen molar-refractivity contribution < 1.29 is 23.0 Å². The molecular formula is C12H14BrF3O2. The number of benzene rings is 1. The van der Waals surface area contributed by atoms with Gasteiger partial charge in [0.25, 0.3) is 0 Å². The van der Waals surface area contributed by atoms with E-state index in [-0.39, 0.29) is 12.8 Å². The zero-order valence-corrected chi connectivity index (χ0v) is 11.4. The Hall–Kier alpha value is -0.750. The number of alkyl halides is 3. The largest absolute Gasteiger partial charge is 0.496 e. The number of hydrogen-bond acceptors (Lipinski definition) is 2. The highest BCUT2D eigenvalue weighted by Crippen LogP contribution is 2.27. The van der Waals surface area contributed by atoms with E-state index in [1.165, 1.54) is 7.11 Å². The predicted molar refractivity (Wildman–Crippen MR) is 65.7 cm³/mol. The van der Waals surface area contributed by atoms with Crippen molar-refractivity contribution >= 4 is 15.9 Å². The highest BCUT2D eigenvalue weighted by molar-refractivity contribution is 9.10. The Morgan fingerprint density at radius 1 is 1.39 bits per heavy atom. The molecule has 0 heterocycles. The number of aliphatic hydroxyl groups excluding tert-OH is 1. The molecule has 0 aliphatic rings. The van der Waals surface area contributed by atoms with Crippen LogP contribution in [0.15, 0.2) is 22.7 Å². The van der Waals surface area contributed by atoms with E-state index in [0.717, 1.165) is 4.47 Å². The van der Waals surface area contributed by atoms with Crippen molar-refractivity contribution in [1.82, 2.24) is 0 Å². The Balaban J connectivity index is 2.63. The molecule has 1 N–H and O–H groups in total. The van der Waals surface area contributed by atoms with Crippen LogP contribution in [-0.2, 0) is 6.42 Å². The van der Waals surface area contributed by atoms with Crippen molar-refractivity contribution in [3.63, 3.8) is 0 Å². The molecular weight excluding hydrogens is 313 g/mol. The lowest BCUT2D eigenvalue weighted by molar-refractivity contribution is -0.139. The molecule has 0 amide bonds. The van der Waals surface area contributed by atoms with Crippen molar-refractivity contribution in [2.75, 3.05) is 7.11 Å². The molecule has 0 saturated carbocycles. The molecule has 1 unspecified atom stereocenters. The minimum atomic E-state index is -4.23. The number of methoxy groups -OCH3 is 1. The summed E-state index contributed by atoms with van der Waals surface area (Å²) in [5.41, 5.74) is 0.682. The molecule has 0 bridgehead atoms. The Bertz CT molecular complexity index is 393. The lowest BCUT2D eigenvalue weighted by Gasteiger charge is -2.14. The molecule has 0 radical (unpaired) electrons. The third-order valence-electron chi connectivity index (χ3n) is 2.46. The summed E-state index contributed by atoms with van der Waals surface area (Å²) < 4.78 is 41.9. The Kier molecular flexibility index (Phi) is 5.47. The van der Waals surface area contributed by atoms with Crippen LogP contribution in [0.5, 0.6) is 5.75 Å². The molecule has 0 saturated heterocycles. The second-order valence-corrected chi connectivity index (χ2v) is 4.88. The van der Waals surface area contributed by atoms with Crippen molar-refractivity contribution in [2.24, 2.45) is 0 Å². The standard InChI is InChI=1S/C12H14BrF3O2/c1-18-11-3-2-9(13)6-8(11)7-10(17)4-5-12(14,15)16/h2-3,6,10,17H,4-5,7H2,1H3. The summed E-state index contributed by atoms with van der Waals surface area (Å²) >= 11 is 3.27. The number of ether oxygens (including phenoxy) is 1. The van der Waals surface area contributed by atoms with Gasteiger partial charge in [0, 0.05) is 17.3 Å². The normalized spacial score (nSPS) is 13.4. The van der Waals surface area contributed by atoms with Crippen LogP contribution < -0.4 is 4.74 Å². The fourth-order valence-electron chi connectivity index (χ4n) is 1.59. The van der Waals surface area contributed by atoms with Gasteiger partial charge in [0.05, 0.1) is 13.2 Å². The number of rotatable bonds is 5. The van der Waals surface area contributed by atoms with Crippen LogP contribution in [0.25, 0.3) is 0 Å². The second-order valence-electron chi connectivity index (χ2n) is 3.97. The van der Waals surface area contributed by atoms with Gasteiger partial charge in [-0.1, -0.05) is 15.9 Å². The Labute approximate surface area is 112 Å². The summed E-state index contributed by atoms with van der Waals surface area (Å²) in [7, 11) is 1.48. The number of halogens is 4. The molecule has 18 heavy (non-hydrogen) atoms. The lowest BCUT2D eigenvalue weighted by atomic mass is 10.0. The van der Waals surface area contributed by atoms with Crippen LogP contribution in [0, 0.1) is 0 Å². The van der Waals surface area contributed by atoms with Crippen molar-refractivity contribution in [2.45, 2.75) is 31.5 Å². The van der Waals surface area contributed by atoms with Gasteiger partial charge in [0.2, 0.25) is 0 Å². The first-order valence-electron chi connectivity index (χ1n) is 5.39. The first-order valence-corrected chi connectivity index (χ1v) is 6.18. The maximum atomic E-state index is 12.0. The molecule has 0 aliphatic heterocycles. The van der Waals surface area contributed by atoms with E-state index >= 15 is 0 Å². The van der Waals surface area contributed by atoms with E-state index in [2.05, 4.69) is 15.9 Å². The molecule has 1 aromatic rings. The lowest BCUT2D eigenvalue weighted by Crippen LogP contribution is -2.16. The number of hydrogen-bond donors (Lipinski definition) is 1. The van der Waals surface area contributed by atoms with E-state index in [0.29, 0.717) is 11.3 Å². The molecule has 1 atom stereocenters. The van der Waals surface area contributed by atoms with Gasteiger partial charge in [-0.25, -0.2) is 0 Å². The molecule has 102 valence electrons. The SMILES string of the molecule is COc1ccc(Br)cc1CC(O)CCC(F)(F)F. The van der Waals surface area contributed by atoms with Gasteiger partial charge in [-0.3, -0.25) is 0 Å². The Morgan fingerprint density at radius 2 is 2.06 bits per heavy atom. The molecule has 1 aromatic carbocycles. The molecule has 0 spiro atoms. The van der Waals surface area contributed by atoms with E-state index in [1.54, 1.807) is 18.2 Å². The van der Waals surface area contributed by atoms with Crippen LogP contribution in [0.3, 0.4) is 0 Å². The molecule has 1 rings (SSSR count). The molecule has 0 fully saturated rings. The van der Waals surface area contributed by atoms with Gasteiger partial charge in [-0.2, -0.15) is 13.2 Å². The van der Waals surface area contributed by atoms with Gasteiger partial charge in [-0.15, -0.1) is 0 Å². The minimum absolute atomic E-state index is 0.138. The maximum absolute atomic E-state index is 12.0. The predicted octanol–water partition coefficient (Wildman–Crippen LogP) is 3.70. The highest BCUT2D eigenvalue weighted by atomic mass is 79.9. The smallest absolute Gasteiger partial charge is 0.389 e. The zero-order chi connectivity index (χ0) is 13.8. The quantitative estimate of drug-likeness (QED) is 0.893. The van der Waals surface area contributed by atoms with Crippen LogP contribution in [-0.4, -0.2) is 24.5 Å². The van der Waals surface area contributed by atoms with Gasteiger partial charge < -0.3 is 9.84 Å².